The largest absolute Gasteiger partial charge is 0.309 e. The predicted octanol–water partition coefficient (Wildman–Crippen LogP) is 31.8. The van der Waals surface area contributed by atoms with Crippen LogP contribution in [0.4, 0.5) is 0 Å². The van der Waals surface area contributed by atoms with E-state index >= 15 is 0 Å². The van der Waals surface area contributed by atoms with Crippen LogP contribution in [0.2, 0.25) is 0 Å². The lowest BCUT2D eigenvalue weighted by molar-refractivity contribution is 1.07. The number of para-hydroxylation sites is 15. The van der Waals surface area contributed by atoms with Gasteiger partial charge < -0.3 is 18.3 Å². The van der Waals surface area contributed by atoms with Crippen LogP contribution in [-0.2, 0) is 0 Å². The molecule has 0 bridgehead atoms. The van der Waals surface area contributed by atoms with Crippen LogP contribution in [-0.4, -0.2) is 77.2 Å². The summed E-state index contributed by atoms with van der Waals surface area (Å²) in [5, 5.41) is 21.6. The number of rotatable bonds is 9. The van der Waals surface area contributed by atoms with Gasteiger partial charge in [0.05, 0.1) is 169 Å². The lowest BCUT2D eigenvalue weighted by atomic mass is 9.99. The third-order valence-corrected chi connectivity index (χ3v) is 29.3. The molecule has 0 atom stereocenters. The highest BCUT2D eigenvalue weighted by Crippen LogP contribution is 2.48. The van der Waals surface area contributed by atoms with Crippen LogP contribution in [0.25, 0.3) is 286 Å². The van der Waals surface area contributed by atoms with E-state index in [2.05, 4.69) is 383 Å². The van der Waals surface area contributed by atoms with Crippen LogP contribution in [0.15, 0.2) is 474 Å². The monoisotopic (exact) mass is 1860 g/mol. The normalized spacial score (nSPS) is 12.0. The minimum Gasteiger partial charge on any atom is -0.309 e. The predicted molar refractivity (Wildman–Crippen MR) is 600 cm³/mol. The van der Waals surface area contributed by atoms with E-state index in [0.29, 0.717) is 0 Å². The van der Waals surface area contributed by atoms with Gasteiger partial charge in [-0.3, -0.25) is 34.1 Å². The molecule has 32 aromatic rings. The zero-order chi connectivity index (χ0) is 95.7. The molecule has 0 amide bonds. The highest BCUT2D eigenvalue weighted by Gasteiger charge is 2.27. The van der Waals surface area contributed by atoms with Crippen molar-refractivity contribution in [3.05, 3.63) is 474 Å². The maximum atomic E-state index is 5.26. The van der Waals surface area contributed by atoms with E-state index in [0.717, 1.165) is 184 Å². The zero-order valence-electron chi connectivity index (χ0n) is 78.2. The van der Waals surface area contributed by atoms with Crippen molar-refractivity contribution < 1.29 is 0 Å². The topological polar surface area (TPSA) is 158 Å². The van der Waals surface area contributed by atoms with Gasteiger partial charge in [0, 0.05) is 115 Å². The number of nitrogens with zero attached hydrogens (tertiary/aromatic N) is 16. The van der Waals surface area contributed by atoms with E-state index in [-0.39, 0.29) is 0 Å². The summed E-state index contributed by atoms with van der Waals surface area (Å²) in [6.45, 7) is 0. The summed E-state index contributed by atoms with van der Waals surface area (Å²) in [6, 6.07) is 156. The molecule has 146 heavy (non-hydrogen) atoms. The number of fused-ring (bicyclic) bond motifs is 31. The quantitative estimate of drug-likeness (QED) is 0.127. The van der Waals surface area contributed by atoms with Gasteiger partial charge in [-0.15, -0.1) is 0 Å². The first-order valence-corrected chi connectivity index (χ1v) is 49.0. The molecule has 0 N–H and O–H groups in total. The number of benzene rings is 21. The third-order valence-electron chi connectivity index (χ3n) is 29.3. The minimum atomic E-state index is 0.803. The summed E-state index contributed by atoms with van der Waals surface area (Å²) < 4.78 is 14.0. The van der Waals surface area contributed by atoms with Crippen molar-refractivity contribution in [3.8, 4) is 68.2 Å². The van der Waals surface area contributed by atoms with E-state index in [1.165, 1.54) is 103 Å². The Morgan fingerprint density at radius 1 is 0.144 bits per heavy atom. The first-order valence-electron chi connectivity index (χ1n) is 49.0. The molecule has 11 heterocycles. The fourth-order valence-corrected chi connectivity index (χ4v) is 22.8. The average molecular weight is 1860 g/mol. The molecule has 0 saturated carbocycles. The van der Waals surface area contributed by atoms with Gasteiger partial charge >= 0.3 is 0 Å². The molecule has 21 aromatic carbocycles. The molecule has 16 nitrogen and oxygen atoms in total. The molecule has 0 fully saturated rings. The van der Waals surface area contributed by atoms with Crippen molar-refractivity contribution in [3.63, 3.8) is 0 Å². The fourth-order valence-electron chi connectivity index (χ4n) is 22.8. The molecule has 0 aliphatic carbocycles. The number of aromatic nitrogens is 16. The Bertz CT molecular complexity index is 11100. The average Bonchev–Trinajstić information content (AvgIpc) is 1.55. The van der Waals surface area contributed by atoms with Crippen LogP contribution in [0.3, 0.4) is 0 Å². The SMILES string of the molecule is c1cc(-c2cnc3ccccc3n2)cc(-n2c3ccccc3c3c4c5ccccc5n(-c5cnc6ccccc6n5)c4ccc32)c1.c1ccc(-n2c3ccccc3c3cc4c(cc32)c2ccccc2n4-c2ccc3cc(-c4cnc5c6ccccc6c6ccccc6c5n4)ccc3c2)cc1.c1ccc2nc(-c3ccc(-n4c5ccccc5c5c6c7ccccc7n(-c7cnc8ccccc8n7)c6ccc54)cc3)cnc2c1. The molecule has 0 aliphatic heterocycles. The smallest absolute Gasteiger partial charge is 0.156 e. The van der Waals surface area contributed by atoms with Crippen LogP contribution >= 0.6 is 0 Å². The third kappa shape index (κ3) is 12.9. The summed E-state index contributed by atoms with van der Waals surface area (Å²) in [5.41, 5.74) is 32.9. The Kier molecular flexibility index (Phi) is 18.4. The van der Waals surface area contributed by atoms with E-state index in [1.54, 1.807) is 0 Å². The molecular weight excluding hydrogens is 1790 g/mol. The standard InChI is InChI=1S/C50H30N4.2C40H24N6/c1-2-12-34(13-3-1)53-45-20-10-8-16-38(45)42-29-48-43(28-47(42)53)39-17-9-11-21-46(39)54(48)35-25-24-31-26-33(23-22-32(31)27-35)44-30-51-49-40-18-6-4-14-36(40)37-15-5-7-19-41(37)50(49)52-44;1-7-18-34-27(12-1)39-36(45(34)26-11-9-10-25(22-26)33-23-41-29-14-3-5-16-31(29)43-33)20-21-37-40(39)28-13-2-8-19-35(28)46(37)38-24-42-30-15-4-6-17-32(30)44-38;1-7-15-34-27(9-1)39-36(45(34)26-19-17-25(18-20-26)33-23-41-29-11-3-5-13-31(29)43-33)21-22-37-40(39)28-10-2-8-16-35(28)46(37)38-24-42-30-12-4-6-14-32(30)44-38/h1-30H;2*1-24H. The zero-order valence-corrected chi connectivity index (χ0v) is 78.2. The molecule has 0 unspecified atom stereocenters. The molecule has 678 valence electrons. The molecule has 0 aliphatic rings. The molecule has 11 aromatic heterocycles. The lowest BCUT2D eigenvalue weighted by Crippen LogP contribution is -1.99. The molecule has 0 spiro atoms. The van der Waals surface area contributed by atoms with Crippen molar-refractivity contribution in [1.29, 1.82) is 0 Å². The Morgan fingerprint density at radius 2 is 0.452 bits per heavy atom. The second-order valence-electron chi connectivity index (χ2n) is 37.4. The highest BCUT2D eigenvalue weighted by molar-refractivity contribution is 6.31. The second-order valence-corrected chi connectivity index (χ2v) is 37.4. The van der Waals surface area contributed by atoms with E-state index in [9.17, 15) is 0 Å². The fraction of sp³-hybridized carbons (Fsp3) is 0. The summed E-state index contributed by atoms with van der Waals surface area (Å²) in [5.74, 6) is 1.61. The van der Waals surface area contributed by atoms with Gasteiger partial charge in [0.2, 0.25) is 0 Å². The van der Waals surface area contributed by atoms with Crippen molar-refractivity contribution in [1.82, 2.24) is 77.2 Å². The van der Waals surface area contributed by atoms with E-state index in [4.69, 9.17) is 39.9 Å². The van der Waals surface area contributed by atoms with Gasteiger partial charge in [-0.05, 0) is 197 Å². The highest BCUT2D eigenvalue weighted by atomic mass is 15.1. The molecule has 16 heteroatoms. The number of hydrogen-bond acceptors (Lipinski definition) is 10. The molecular formula is C130H78N16. The van der Waals surface area contributed by atoms with E-state index < -0.39 is 0 Å². The minimum absolute atomic E-state index is 0.803. The van der Waals surface area contributed by atoms with Gasteiger partial charge in [0.1, 0.15) is 0 Å². The van der Waals surface area contributed by atoms with Gasteiger partial charge in [-0.2, -0.15) is 0 Å². The van der Waals surface area contributed by atoms with Crippen molar-refractivity contribution in [2.24, 2.45) is 0 Å². The molecule has 0 saturated heterocycles. The number of hydrogen-bond donors (Lipinski definition) is 0. The first-order chi connectivity index (χ1) is 72.4. The van der Waals surface area contributed by atoms with E-state index in [1.807, 2.05) is 128 Å². The Labute approximate surface area is 831 Å². The van der Waals surface area contributed by atoms with Gasteiger partial charge in [0.15, 0.2) is 11.6 Å². The lowest BCUT2D eigenvalue weighted by Gasteiger charge is -2.12. The van der Waals surface area contributed by atoms with Crippen LogP contribution in [0.1, 0.15) is 0 Å². The van der Waals surface area contributed by atoms with Crippen molar-refractivity contribution in [2.75, 3.05) is 0 Å². The second kappa shape index (κ2) is 32.8. The van der Waals surface area contributed by atoms with Crippen molar-refractivity contribution >= 4 is 218 Å². The van der Waals surface area contributed by atoms with Crippen LogP contribution < -0.4 is 0 Å². The van der Waals surface area contributed by atoms with Gasteiger partial charge in [-0.1, -0.05) is 267 Å². The maximum Gasteiger partial charge on any atom is 0.156 e. The summed E-state index contributed by atoms with van der Waals surface area (Å²) >= 11 is 0. The summed E-state index contributed by atoms with van der Waals surface area (Å²) in [6.07, 6.45) is 9.39. The van der Waals surface area contributed by atoms with Gasteiger partial charge in [0.25, 0.3) is 0 Å². The Balaban J connectivity index is 0.000000102. The molecule has 0 radical (unpaired) electrons. The maximum absolute atomic E-state index is 5.26. The van der Waals surface area contributed by atoms with Crippen molar-refractivity contribution in [2.45, 2.75) is 0 Å². The van der Waals surface area contributed by atoms with Gasteiger partial charge in [-0.25, -0.2) is 24.9 Å². The summed E-state index contributed by atoms with van der Waals surface area (Å²) in [7, 11) is 0. The molecule has 32 rings (SSSR count). The van der Waals surface area contributed by atoms with Crippen LogP contribution in [0, 0.1) is 0 Å². The Hall–Kier alpha value is -20.1. The Morgan fingerprint density at radius 3 is 0.945 bits per heavy atom. The summed E-state index contributed by atoms with van der Waals surface area (Å²) in [4.78, 5) is 49.0. The van der Waals surface area contributed by atoms with Crippen LogP contribution in [0.5, 0.6) is 0 Å². The first kappa shape index (κ1) is 81.9.